The summed E-state index contributed by atoms with van der Waals surface area (Å²) < 4.78 is 0. The number of benzene rings is 2. The highest BCUT2D eigenvalue weighted by molar-refractivity contribution is 5.94. The van der Waals surface area contributed by atoms with Crippen molar-refractivity contribution in [1.29, 1.82) is 0 Å². The largest absolute Gasteiger partial charge is 0.336 e. The molecule has 1 heterocycles. The van der Waals surface area contributed by atoms with E-state index in [2.05, 4.69) is 40.1 Å². The number of hydrogen-bond donors (Lipinski definition) is 1. The van der Waals surface area contributed by atoms with E-state index in [-0.39, 0.29) is 23.9 Å². The van der Waals surface area contributed by atoms with Crippen LogP contribution in [0, 0.1) is 0 Å². The minimum Gasteiger partial charge on any atom is -0.336 e. The molecule has 2 fully saturated rings. The van der Waals surface area contributed by atoms with Gasteiger partial charge in [-0.2, -0.15) is 0 Å². The second-order valence-corrected chi connectivity index (χ2v) is 8.32. The first-order valence-electron chi connectivity index (χ1n) is 10.6. The smallest absolute Gasteiger partial charge is 0.253 e. The molecular weight excluding hydrogens is 382 g/mol. The van der Waals surface area contributed by atoms with Crippen LogP contribution in [0.3, 0.4) is 0 Å². The lowest BCUT2D eigenvalue weighted by Crippen LogP contribution is -2.63. The van der Waals surface area contributed by atoms with Crippen molar-refractivity contribution in [3.63, 3.8) is 0 Å². The van der Waals surface area contributed by atoms with Gasteiger partial charge in [-0.25, -0.2) is 0 Å². The second kappa shape index (κ2) is 9.75. The van der Waals surface area contributed by atoms with Crippen molar-refractivity contribution in [1.82, 2.24) is 9.80 Å². The third-order valence-corrected chi connectivity index (χ3v) is 6.52. The molecule has 4 rings (SSSR count). The number of carbonyl (C=O) groups excluding carboxylic acids is 1. The van der Waals surface area contributed by atoms with Crippen LogP contribution in [0.1, 0.15) is 53.6 Å². The summed E-state index contributed by atoms with van der Waals surface area (Å²) in [5.41, 5.74) is 9.02. The van der Waals surface area contributed by atoms with Crippen LogP contribution in [0.2, 0.25) is 0 Å². The van der Waals surface area contributed by atoms with Gasteiger partial charge in [0.25, 0.3) is 5.91 Å². The fraction of sp³-hybridized carbons (Fsp3) is 0.458. The highest BCUT2D eigenvalue weighted by atomic mass is 35.5. The number of amides is 1. The van der Waals surface area contributed by atoms with Gasteiger partial charge in [-0.3, -0.25) is 9.69 Å². The molecule has 0 radical (unpaired) electrons. The molecule has 0 bridgehead atoms. The molecule has 2 N–H and O–H groups in total. The molecule has 2 aromatic carbocycles. The number of nitrogens with zero attached hydrogens (tertiary/aromatic N) is 2. The van der Waals surface area contributed by atoms with E-state index >= 15 is 0 Å². The van der Waals surface area contributed by atoms with Gasteiger partial charge < -0.3 is 10.6 Å². The van der Waals surface area contributed by atoms with Crippen LogP contribution in [0.5, 0.6) is 0 Å². The van der Waals surface area contributed by atoms with Gasteiger partial charge in [0.15, 0.2) is 0 Å². The van der Waals surface area contributed by atoms with Crippen molar-refractivity contribution in [2.24, 2.45) is 5.73 Å². The third kappa shape index (κ3) is 4.82. The van der Waals surface area contributed by atoms with Gasteiger partial charge in [0.05, 0.1) is 0 Å². The molecule has 1 aliphatic carbocycles. The van der Waals surface area contributed by atoms with E-state index in [0.717, 1.165) is 37.3 Å². The first kappa shape index (κ1) is 21.8. The summed E-state index contributed by atoms with van der Waals surface area (Å²) >= 11 is 0. The van der Waals surface area contributed by atoms with Gasteiger partial charge in [0.2, 0.25) is 0 Å². The van der Waals surface area contributed by atoms with E-state index in [4.69, 9.17) is 5.73 Å². The Bertz CT molecular complexity index is 788. The third-order valence-electron chi connectivity index (χ3n) is 6.52. The lowest BCUT2D eigenvalue weighted by Gasteiger charge is -2.53. The van der Waals surface area contributed by atoms with Crippen LogP contribution in [0.25, 0.3) is 0 Å². The maximum atomic E-state index is 13.2. The van der Waals surface area contributed by atoms with Crippen molar-refractivity contribution in [2.45, 2.75) is 50.7 Å². The average Bonchev–Trinajstić information content (AvgIpc) is 2.76. The Balaban J connectivity index is 0.00000240. The zero-order valence-electron chi connectivity index (χ0n) is 17.1. The second-order valence-electron chi connectivity index (χ2n) is 8.32. The number of hydrogen-bond acceptors (Lipinski definition) is 3. The topological polar surface area (TPSA) is 49.6 Å². The quantitative estimate of drug-likeness (QED) is 0.816. The van der Waals surface area contributed by atoms with Crippen LogP contribution in [-0.2, 0) is 13.1 Å². The molecule has 156 valence electrons. The Labute approximate surface area is 180 Å². The number of halogens is 1. The summed E-state index contributed by atoms with van der Waals surface area (Å²) in [6.07, 6.45) is 6.22. The molecule has 1 saturated heterocycles. The summed E-state index contributed by atoms with van der Waals surface area (Å²) in [7, 11) is 0. The minimum atomic E-state index is 0. The Morgan fingerprint density at radius 2 is 1.59 bits per heavy atom. The highest BCUT2D eigenvalue weighted by Gasteiger charge is 2.43. The molecule has 1 saturated carbocycles. The van der Waals surface area contributed by atoms with Crippen molar-refractivity contribution in [3.8, 4) is 0 Å². The zero-order valence-corrected chi connectivity index (χ0v) is 17.9. The molecule has 2 aliphatic rings. The first-order chi connectivity index (χ1) is 13.7. The summed E-state index contributed by atoms with van der Waals surface area (Å²) in [5.74, 6) is 0.160. The first-order valence-corrected chi connectivity index (χ1v) is 10.6. The molecule has 0 atom stereocenters. The predicted molar refractivity (Wildman–Crippen MR) is 120 cm³/mol. The van der Waals surface area contributed by atoms with E-state index in [1.165, 1.54) is 37.7 Å². The van der Waals surface area contributed by atoms with Crippen molar-refractivity contribution >= 4 is 18.3 Å². The van der Waals surface area contributed by atoms with Crippen LogP contribution < -0.4 is 5.73 Å². The van der Waals surface area contributed by atoms with Gasteiger partial charge in [0.1, 0.15) is 0 Å². The normalized spacial score (nSPS) is 19.0. The molecule has 2 aromatic rings. The zero-order chi connectivity index (χ0) is 19.4. The maximum absolute atomic E-state index is 13.2. The number of carbonyl (C=O) groups is 1. The van der Waals surface area contributed by atoms with E-state index in [1.54, 1.807) is 0 Å². The lowest BCUT2D eigenvalue weighted by atomic mass is 9.78. The van der Waals surface area contributed by atoms with Crippen molar-refractivity contribution in [2.75, 3.05) is 19.6 Å². The van der Waals surface area contributed by atoms with Gasteiger partial charge in [0, 0.05) is 43.8 Å². The Hall–Kier alpha value is -1.88. The van der Waals surface area contributed by atoms with E-state index in [1.807, 2.05) is 24.3 Å². The molecule has 0 aromatic heterocycles. The SMILES string of the molecule is Cl.NCc1ccc(C(=O)N2CCN(Cc3ccccc3)C3(CCCCC3)C2)cc1. The molecule has 29 heavy (non-hydrogen) atoms. The summed E-state index contributed by atoms with van der Waals surface area (Å²) in [4.78, 5) is 17.9. The van der Waals surface area contributed by atoms with Crippen LogP contribution in [0.4, 0.5) is 0 Å². The summed E-state index contributed by atoms with van der Waals surface area (Å²) in [5, 5.41) is 0. The monoisotopic (exact) mass is 413 g/mol. The Morgan fingerprint density at radius 1 is 0.897 bits per heavy atom. The van der Waals surface area contributed by atoms with Crippen LogP contribution in [-0.4, -0.2) is 40.9 Å². The van der Waals surface area contributed by atoms with E-state index in [0.29, 0.717) is 6.54 Å². The van der Waals surface area contributed by atoms with Gasteiger partial charge in [-0.05, 0) is 36.1 Å². The number of nitrogens with two attached hydrogens (primary N) is 1. The minimum absolute atomic E-state index is 0. The van der Waals surface area contributed by atoms with Crippen LogP contribution >= 0.6 is 12.4 Å². The fourth-order valence-corrected chi connectivity index (χ4v) is 4.89. The number of piperazine rings is 1. The van der Waals surface area contributed by atoms with Gasteiger partial charge in [-0.1, -0.05) is 61.7 Å². The number of rotatable bonds is 4. The predicted octanol–water partition coefficient (Wildman–Crippen LogP) is 4.23. The Kier molecular flexibility index (Phi) is 7.33. The molecule has 1 aliphatic heterocycles. The molecule has 5 heteroatoms. The summed E-state index contributed by atoms with van der Waals surface area (Å²) in [6, 6.07) is 18.5. The lowest BCUT2D eigenvalue weighted by molar-refractivity contribution is -0.0252. The molecule has 0 unspecified atom stereocenters. The summed E-state index contributed by atoms with van der Waals surface area (Å²) in [6.45, 7) is 4.08. The van der Waals surface area contributed by atoms with Crippen LogP contribution in [0.15, 0.2) is 54.6 Å². The van der Waals surface area contributed by atoms with Crippen molar-refractivity contribution < 1.29 is 4.79 Å². The van der Waals surface area contributed by atoms with E-state index in [9.17, 15) is 4.79 Å². The highest BCUT2D eigenvalue weighted by Crippen LogP contribution is 2.37. The molecule has 4 nitrogen and oxygen atoms in total. The fourth-order valence-electron chi connectivity index (χ4n) is 4.89. The molecule has 1 amide bonds. The Morgan fingerprint density at radius 3 is 2.24 bits per heavy atom. The van der Waals surface area contributed by atoms with Crippen molar-refractivity contribution in [3.05, 3.63) is 71.3 Å². The average molecular weight is 414 g/mol. The van der Waals surface area contributed by atoms with E-state index < -0.39 is 0 Å². The molecular formula is C24H32ClN3O. The van der Waals surface area contributed by atoms with Gasteiger partial charge in [-0.15, -0.1) is 12.4 Å². The maximum Gasteiger partial charge on any atom is 0.253 e. The standard InChI is InChI=1S/C24H31N3O.ClH/c25-17-20-9-11-22(12-10-20)23(28)26-15-16-27(18-21-7-3-1-4-8-21)24(19-26)13-5-2-6-14-24;/h1,3-4,7-12H,2,5-6,13-19,25H2;1H. The molecule has 1 spiro atoms. The van der Waals surface area contributed by atoms with Gasteiger partial charge >= 0.3 is 0 Å².